The molecule has 0 aromatic heterocycles. The number of piperazine rings is 1. The van der Waals surface area contributed by atoms with Crippen LogP contribution in [0.2, 0.25) is 0 Å². The first kappa shape index (κ1) is 25.3. The van der Waals surface area contributed by atoms with E-state index in [2.05, 4.69) is 5.32 Å². The lowest BCUT2D eigenvalue weighted by Crippen LogP contribution is -2.54. The Balaban J connectivity index is 1.84. The molecule has 2 rings (SSSR count). The Morgan fingerprint density at radius 2 is 1.58 bits per heavy atom. The number of likely N-dealkylation sites (N-methyl/N-ethyl adjacent to an activating group) is 1. The molecule has 0 unspecified atom stereocenters. The SMILES string of the molecule is CCN(CC)S(=O)(=O)N1CCN(CC(=O)N(C)CC(=O)Nc2c(C)cccc2C)CC1. The van der Waals surface area contributed by atoms with Crippen LogP contribution in [0.25, 0.3) is 0 Å². The van der Waals surface area contributed by atoms with E-state index in [1.54, 1.807) is 7.05 Å². The molecule has 2 amide bonds. The van der Waals surface area contributed by atoms with E-state index in [0.717, 1.165) is 16.8 Å². The molecule has 1 aromatic rings. The zero-order chi connectivity index (χ0) is 23.2. The van der Waals surface area contributed by atoms with Crippen molar-refractivity contribution in [1.82, 2.24) is 18.4 Å². The molecule has 174 valence electrons. The molecule has 1 aliphatic heterocycles. The van der Waals surface area contributed by atoms with E-state index in [0.29, 0.717) is 39.3 Å². The van der Waals surface area contributed by atoms with Gasteiger partial charge in [-0.1, -0.05) is 32.0 Å². The molecular formula is C21H35N5O4S. The Morgan fingerprint density at radius 1 is 1.03 bits per heavy atom. The lowest BCUT2D eigenvalue weighted by atomic mass is 10.1. The maximum Gasteiger partial charge on any atom is 0.282 e. The minimum absolute atomic E-state index is 0.0388. The summed E-state index contributed by atoms with van der Waals surface area (Å²) in [5.41, 5.74) is 2.72. The van der Waals surface area contributed by atoms with Crippen LogP contribution >= 0.6 is 0 Å². The van der Waals surface area contributed by atoms with E-state index in [1.807, 2.05) is 50.8 Å². The Hall–Kier alpha value is -2.01. The third-order valence-corrected chi connectivity index (χ3v) is 7.79. The number of nitrogens with one attached hydrogen (secondary N) is 1. The molecule has 10 heteroatoms. The largest absolute Gasteiger partial charge is 0.335 e. The number of hydrogen-bond donors (Lipinski definition) is 1. The molecule has 31 heavy (non-hydrogen) atoms. The Labute approximate surface area is 186 Å². The molecule has 1 N–H and O–H groups in total. The Morgan fingerprint density at radius 3 is 2.10 bits per heavy atom. The fourth-order valence-electron chi connectivity index (χ4n) is 3.64. The van der Waals surface area contributed by atoms with Crippen molar-refractivity contribution in [1.29, 1.82) is 0 Å². The van der Waals surface area contributed by atoms with E-state index >= 15 is 0 Å². The van der Waals surface area contributed by atoms with Crippen molar-refractivity contribution >= 4 is 27.7 Å². The number of anilines is 1. The van der Waals surface area contributed by atoms with E-state index in [-0.39, 0.29) is 24.9 Å². The number of rotatable bonds is 9. The van der Waals surface area contributed by atoms with Gasteiger partial charge in [0.15, 0.2) is 0 Å². The number of aryl methyl sites for hydroxylation is 2. The summed E-state index contributed by atoms with van der Waals surface area (Å²) in [4.78, 5) is 28.3. The molecule has 1 aliphatic rings. The molecule has 1 saturated heterocycles. The second-order valence-corrected chi connectivity index (χ2v) is 9.76. The van der Waals surface area contributed by atoms with E-state index < -0.39 is 10.2 Å². The summed E-state index contributed by atoms with van der Waals surface area (Å²) in [6.45, 7) is 10.2. The third-order valence-electron chi connectivity index (χ3n) is 5.60. The van der Waals surface area contributed by atoms with Gasteiger partial charge in [0.05, 0.1) is 13.1 Å². The Kier molecular flexibility index (Phi) is 8.99. The average molecular weight is 454 g/mol. The van der Waals surface area contributed by atoms with Gasteiger partial charge in [0.2, 0.25) is 11.8 Å². The molecule has 1 fully saturated rings. The average Bonchev–Trinajstić information content (AvgIpc) is 2.72. The second kappa shape index (κ2) is 11.0. The fraction of sp³-hybridized carbons (Fsp3) is 0.619. The van der Waals surface area contributed by atoms with Crippen LogP contribution in [0.3, 0.4) is 0 Å². The lowest BCUT2D eigenvalue weighted by molar-refractivity contribution is -0.134. The fourth-order valence-corrected chi connectivity index (χ4v) is 5.24. The van der Waals surface area contributed by atoms with E-state index in [4.69, 9.17) is 0 Å². The summed E-state index contributed by atoms with van der Waals surface area (Å²) in [6.07, 6.45) is 0. The van der Waals surface area contributed by atoms with Crippen LogP contribution in [-0.4, -0.2) is 98.0 Å². The summed E-state index contributed by atoms with van der Waals surface area (Å²) in [5.74, 6) is -0.417. The molecule has 1 heterocycles. The standard InChI is InChI=1S/C21H35N5O4S/c1-6-25(7-2)31(29,30)26-13-11-24(12-14-26)16-20(28)23(5)15-19(27)22-21-17(3)9-8-10-18(21)4/h8-10H,6-7,11-16H2,1-5H3,(H,22,27). The van der Waals surface area contributed by atoms with Gasteiger partial charge in [-0.15, -0.1) is 0 Å². The number of benzene rings is 1. The van der Waals surface area contributed by atoms with Crippen molar-refractivity contribution in [3.8, 4) is 0 Å². The smallest absolute Gasteiger partial charge is 0.282 e. The maximum atomic E-state index is 12.6. The van der Waals surface area contributed by atoms with Gasteiger partial charge in [0, 0.05) is 52.0 Å². The summed E-state index contributed by atoms with van der Waals surface area (Å²) in [7, 11) is -1.85. The topological polar surface area (TPSA) is 93.3 Å². The van der Waals surface area contributed by atoms with Crippen molar-refractivity contribution in [2.24, 2.45) is 0 Å². The molecule has 0 aliphatic carbocycles. The first-order valence-electron chi connectivity index (χ1n) is 10.7. The van der Waals surface area contributed by atoms with Gasteiger partial charge in [0.1, 0.15) is 0 Å². The highest BCUT2D eigenvalue weighted by Crippen LogP contribution is 2.19. The van der Waals surface area contributed by atoms with E-state index in [9.17, 15) is 18.0 Å². The van der Waals surface area contributed by atoms with Gasteiger partial charge in [-0.2, -0.15) is 17.0 Å². The first-order valence-corrected chi connectivity index (χ1v) is 12.1. The highest BCUT2D eigenvalue weighted by Gasteiger charge is 2.31. The monoisotopic (exact) mass is 453 g/mol. The number of amides is 2. The highest BCUT2D eigenvalue weighted by molar-refractivity contribution is 7.86. The minimum atomic E-state index is -3.45. The predicted molar refractivity (Wildman–Crippen MR) is 122 cm³/mol. The minimum Gasteiger partial charge on any atom is -0.335 e. The normalized spacial score (nSPS) is 15.8. The van der Waals surface area contributed by atoms with Gasteiger partial charge >= 0.3 is 0 Å². The maximum absolute atomic E-state index is 12.6. The number of carbonyl (C=O) groups is 2. The van der Waals surface area contributed by atoms with Crippen LogP contribution in [-0.2, 0) is 19.8 Å². The molecule has 0 saturated carbocycles. The second-order valence-electron chi connectivity index (χ2n) is 7.83. The van der Waals surface area contributed by atoms with Gasteiger partial charge < -0.3 is 10.2 Å². The third kappa shape index (κ3) is 6.49. The summed E-state index contributed by atoms with van der Waals surface area (Å²) in [5, 5.41) is 2.89. The van der Waals surface area contributed by atoms with Gasteiger partial charge in [-0.3, -0.25) is 14.5 Å². The van der Waals surface area contributed by atoms with Gasteiger partial charge in [-0.25, -0.2) is 0 Å². The van der Waals surface area contributed by atoms with Crippen molar-refractivity contribution in [3.05, 3.63) is 29.3 Å². The Bertz CT molecular complexity index is 858. The summed E-state index contributed by atoms with van der Waals surface area (Å²) < 4.78 is 28.2. The number of carbonyl (C=O) groups excluding carboxylic acids is 2. The van der Waals surface area contributed by atoms with Crippen molar-refractivity contribution in [2.75, 3.05) is 64.7 Å². The number of para-hydroxylation sites is 1. The van der Waals surface area contributed by atoms with Crippen LogP contribution in [0, 0.1) is 13.8 Å². The molecule has 0 radical (unpaired) electrons. The molecular weight excluding hydrogens is 418 g/mol. The quantitative estimate of drug-likeness (QED) is 0.600. The number of hydrogen-bond acceptors (Lipinski definition) is 5. The van der Waals surface area contributed by atoms with Crippen LogP contribution < -0.4 is 5.32 Å². The van der Waals surface area contributed by atoms with E-state index in [1.165, 1.54) is 13.5 Å². The van der Waals surface area contributed by atoms with Crippen LogP contribution in [0.15, 0.2) is 18.2 Å². The zero-order valence-corrected chi connectivity index (χ0v) is 20.0. The zero-order valence-electron chi connectivity index (χ0n) is 19.2. The molecule has 9 nitrogen and oxygen atoms in total. The molecule has 1 aromatic carbocycles. The van der Waals surface area contributed by atoms with Gasteiger partial charge in [-0.05, 0) is 25.0 Å². The molecule has 0 bridgehead atoms. The highest BCUT2D eigenvalue weighted by atomic mass is 32.2. The lowest BCUT2D eigenvalue weighted by Gasteiger charge is -2.36. The summed E-state index contributed by atoms with van der Waals surface area (Å²) >= 11 is 0. The van der Waals surface area contributed by atoms with Gasteiger partial charge in [0.25, 0.3) is 10.2 Å². The molecule has 0 atom stereocenters. The van der Waals surface area contributed by atoms with Crippen molar-refractivity contribution in [3.63, 3.8) is 0 Å². The van der Waals surface area contributed by atoms with Crippen molar-refractivity contribution < 1.29 is 18.0 Å². The van der Waals surface area contributed by atoms with Crippen LogP contribution in [0.5, 0.6) is 0 Å². The van der Waals surface area contributed by atoms with Crippen LogP contribution in [0.1, 0.15) is 25.0 Å². The van der Waals surface area contributed by atoms with Crippen molar-refractivity contribution in [2.45, 2.75) is 27.7 Å². The first-order chi connectivity index (χ1) is 14.6. The summed E-state index contributed by atoms with van der Waals surface area (Å²) in [6, 6.07) is 5.79. The number of nitrogens with zero attached hydrogens (tertiary/aromatic N) is 4. The van der Waals surface area contributed by atoms with Crippen LogP contribution in [0.4, 0.5) is 5.69 Å². The predicted octanol–water partition coefficient (Wildman–Crippen LogP) is 0.905. The molecule has 0 spiro atoms.